The number of amides is 2. The maximum Gasteiger partial charge on any atom is 0.306 e. The summed E-state index contributed by atoms with van der Waals surface area (Å²) in [6.45, 7) is 2.25. The van der Waals surface area contributed by atoms with Crippen LogP contribution in [0.25, 0.3) is 0 Å². The summed E-state index contributed by atoms with van der Waals surface area (Å²) in [5.41, 5.74) is 17.5. The van der Waals surface area contributed by atoms with E-state index in [-0.39, 0.29) is 52.6 Å². The van der Waals surface area contributed by atoms with Gasteiger partial charge in [-0.1, -0.05) is 17.1 Å². The molecule has 1 fully saturated rings. The molecule has 0 spiro atoms. The number of rotatable bonds is 13. The minimum atomic E-state index is -1.53. The second-order valence-electron chi connectivity index (χ2n) is 8.92. The van der Waals surface area contributed by atoms with E-state index in [9.17, 15) is 24.3 Å². The molecule has 8 N–H and O–H groups in total. The number of anilines is 3. The van der Waals surface area contributed by atoms with Crippen LogP contribution in [-0.2, 0) is 30.6 Å². The van der Waals surface area contributed by atoms with Crippen molar-refractivity contribution in [3.8, 4) is 0 Å². The minimum Gasteiger partial charge on any atom is -0.543 e. The number of thiazole rings is 1. The van der Waals surface area contributed by atoms with Crippen molar-refractivity contribution in [2.24, 2.45) is 5.16 Å². The van der Waals surface area contributed by atoms with Gasteiger partial charge in [-0.05, 0) is 23.8 Å². The fourth-order valence-corrected chi connectivity index (χ4v) is 7.18. The summed E-state index contributed by atoms with van der Waals surface area (Å²) in [6.07, 6.45) is 0.426. The molecule has 0 radical (unpaired) electrons. The van der Waals surface area contributed by atoms with E-state index in [2.05, 4.69) is 20.4 Å². The number of β-lactam (4-membered cyclic amide) rings is 1. The first-order valence-corrected chi connectivity index (χ1v) is 15.3. The number of nitrogens with zero attached hydrogens (tertiary/aromatic N) is 5. The van der Waals surface area contributed by atoms with Crippen LogP contribution in [0.4, 0.5) is 16.8 Å². The molecular formula is C23H27N9O7S3. The van der Waals surface area contributed by atoms with Gasteiger partial charge < -0.3 is 42.4 Å². The summed E-state index contributed by atoms with van der Waals surface area (Å²) in [6, 6.07) is 0.468. The highest BCUT2D eigenvalue weighted by atomic mass is 32.2. The van der Waals surface area contributed by atoms with Gasteiger partial charge in [-0.3, -0.25) is 19.3 Å². The molecule has 2 aromatic heterocycles. The zero-order valence-electron chi connectivity index (χ0n) is 22.1. The third kappa shape index (κ3) is 6.68. The Bertz CT molecular complexity index is 1480. The van der Waals surface area contributed by atoms with Crippen LogP contribution in [-0.4, -0.2) is 79.0 Å². The van der Waals surface area contributed by atoms with Gasteiger partial charge in [-0.2, -0.15) is 0 Å². The van der Waals surface area contributed by atoms with Crippen LogP contribution < -0.4 is 32.2 Å². The number of fused-ring (bicyclic) bond motifs is 1. The van der Waals surface area contributed by atoms with E-state index in [0.29, 0.717) is 23.1 Å². The predicted molar refractivity (Wildman–Crippen MR) is 153 cm³/mol. The monoisotopic (exact) mass is 637 g/mol. The quantitative estimate of drug-likeness (QED) is 0.0314. The second-order valence-corrected chi connectivity index (χ2v) is 11.9. The molecule has 224 valence electrons. The third-order valence-electron chi connectivity index (χ3n) is 5.96. The van der Waals surface area contributed by atoms with Crippen molar-refractivity contribution < 1.29 is 38.8 Å². The summed E-state index contributed by atoms with van der Waals surface area (Å²) < 4.78 is 1.78. The minimum absolute atomic E-state index is 0.0657. The van der Waals surface area contributed by atoms with Crippen molar-refractivity contribution in [1.29, 1.82) is 0 Å². The number of carbonyl (C=O) groups excluding carboxylic acids is 3. The molecule has 0 aromatic carbocycles. The van der Waals surface area contributed by atoms with Crippen molar-refractivity contribution in [2.45, 2.75) is 42.9 Å². The predicted octanol–water partition coefficient (Wildman–Crippen LogP) is -1.63. The number of aromatic nitrogens is 3. The lowest BCUT2D eigenvalue weighted by Crippen LogP contribution is -2.71. The Morgan fingerprint density at radius 3 is 2.74 bits per heavy atom. The smallest absolute Gasteiger partial charge is 0.306 e. The number of nitrogens with two attached hydrogens (primary N) is 3. The number of hydrogen-bond donors (Lipinski definition) is 5. The highest BCUT2D eigenvalue weighted by Crippen LogP contribution is 2.41. The number of carbonyl (C=O) groups is 4. The number of carboxylic acid groups (broad SMARTS) is 2. The molecule has 1 unspecified atom stereocenters. The zero-order chi connectivity index (χ0) is 30.6. The van der Waals surface area contributed by atoms with Crippen molar-refractivity contribution in [3.63, 3.8) is 0 Å². The summed E-state index contributed by atoms with van der Waals surface area (Å²) in [5, 5.41) is 28.6. The fraction of sp³-hybridized carbons (Fsp3) is 0.391. The zero-order valence-corrected chi connectivity index (χ0v) is 24.6. The molecule has 16 nitrogen and oxygen atoms in total. The number of carboxylic acids is 2. The molecule has 2 aromatic rings. The Morgan fingerprint density at radius 2 is 2.10 bits per heavy atom. The lowest BCUT2D eigenvalue weighted by Gasteiger charge is -2.50. The Labute approximate surface area is 251 Å². The van der Waals surface area contributed by atoms with Gasteiger partial charge in [0.05, 0.1) is 30.7 Å². The van der Waals surface area contributed by atoms with Crippen molar-refractivity contribution in [2.75, 3.05) is 35.3 Å². The lowest BCUT2D eigenvalue weighted by atomic mass is 10.0. The van der Waals surface area contributed by atoms with Crippen molar-refractivity contribution in [3.05, 3.63) is 28.4 Å². The molecule has 0 saturated carbocycles. The Morgan fingerprint density at radius 1 is 1.33 bits per heavy atom. The van der Waals surface area contributed by atoms with Gasteiger partial charge in [0.2, 0.25) is 11.6 Å². The topological polar surface area (TPSA) is 256 Å². The molecule has 0 bridgehead atoms. The fourth-order valence-electron chi connectivity index (χ4n) is 4.09. The van der Waals surface area contributed by atoms with Gasteiger partial charge in [-0.25, -0.2) is 9.55 Å². The maximum absolute atomic E-state index is 13.1. The first-order valence-electron chi connectivity index (χ1n) is 12.4. The van der Waals surface area contributed by atoms with E-state index in [1.165, 1.54) is 28.9 Å². The van der Waals surface area contributed by atoms with Crippen LogP contribution in [0.1, 0.15) is 25.5 Å². The second kappa shape index (κ2) is 13.3. The maximum atomic E-state index is 13.1. The first-order chi connectivity index (χ1) is 20.0. The summed E-state index contributed by atoms with van der Waals surface area (Å²) in [5.74, 6) is -3.07. The van der Waals surface area contributed by atoms with E-state index in [0.717, 1.165) is 22.7 Å². The van der Waals surface area contributed by atoms with Gasteiger partial charge in [-0.15, -0.1) is 23.1 Å². The molecule has 2 aliphatic heterocycles. The number of aliphatic carboxylic acids is 2. The molecule has 2 amide bonds. The molecule has 0 aliphatic carbocycles. The van der Waals surface area contributed by atoms with Crippen molar-refractivity contribution >= 4 is 81.1 Å². The standard InChI is InChI=1S/C23H27N9O7S3/c1-2-4-31-13(25)6-12(24)28-23(31)42-8-10-7-40-20-16(19(36)32(20)17(10)21(37)38)29-18(35)15(11-9-41-22(26)27-11)30-39-5-3-14(33)34/h6,9,16,20H,2-5,7-8H2,1H3,(H8,24,25,26,27,29,33,34,35,37,38)/b30-15-/t16?,20-/m1/s1. The first kappa shape index (κ1) is 30.8. The number of hydrogen-bond acceptors (Lipinski definition) is 15. The van der Waals surface area contributed by atoms with E-state index in [1.807, 2.05) is 6.92 Å². The largest absolute Gasteiger partial charge is 0.543 e. The summed E-state index contributed by atoms with van der Waals surface area (Å²) in [4.78, 5) is 63.6. The van der Waals surface area contributed by atoms with E-state index in [1.54, 1.807) is 10.6 Å². The van der Waals surface area contributed by atoms with E-state index in [4.69, 9.17) is 27.1 Å². The average molecular weight is 638 g/mol. The molecule has 1 saturated heterocycles. The third-order valence-corrected chi connectivity index (χ3v) is 9.03. The van der Waals surface area contributed by atoms with Gasteiger partial charge >= 0.3 is 11.1 Å². The van der Waals surface area contributed by atoms with Crippen LogP contribution in [0.2, 0.25) is 0 Å². The number of nitrogen functional groups attached to an aromatic ring is 3. The molecule has 2 aliphatic rings. The van der Waals surface area contributed by atoms with Gasteiger partial charge in [0.25, 0.3) is 11.8 Å². The summed E-state index contributed by atoms with van der Waals surface area (Å²) >= 11 is 3.55. The highest BCUT2D eigenvalue weighted by molar-refractivity contribution is 8.01. The molecule has 2 atom stereocenters. The van der Waals surface area contributed by atoms with Gasteiger partial charge in [0.15, 0.2) is 10.8 Å². The van der Waals surface area contributed by atoms with E-state index < -0.39 is 35.2 Å². The molecule has 4 rings (SSSR count). The van der Waals surface area contributed by atoms with Gasteiger partial charge in [0, 0.05) is 16.9 Å². The van der Waals surface area contributed by atoms with Crippen LogP contribution in [0.5, 0.6) is 0 Å². The normalized spacial score (nSPS) is 18.4. The Balaban J connectivity index is 1.50. The molecule has 19 heteroatoms. The molecule has 42 heavy (non-hydrogen) atoms. The van der Waals surface area contributed by atoms with Crippen LogP contribution >= 0.6 is 34.9 Å². The van der Waals surface area contributed by atoms with Crippen LogP contribution in [0.15, 0.2) is 33.0 Å². The SMILES string of the molecule is CCC[n+]1c(N)cc(N)nc1SCC1=C(C(=O)[O-])N2C(=O)C(NC(=O)/C(=N\OCCC(=O)O)c3csc(N)n3)[C@H]2SC1. The number of thioether (sulfide) groups is 2. The molecular weight excluding hydrogens is 611 g/mol. The van der Waals surface area contributed by atoms with Crippen LogP contribution in [0, 0.1) is 0 Å². The lowest BCUT2D eigenvalue weighted by molar-refractivity contribution is -0.723. The van der Waals surface area contributed by atoms with Gasteiger partial charge in [0.1, 0.15) is 23.7 Å². The summed E-state index contributed by atoms with van der Waals surface area (Å²) in [7, 11) is 0. The average Bonchev–Trinajstić information content (AvgIpc) is 3.36. The van der Waals surface area contributed by atoms with Crippen LogP contribution in [0.3, 0.4) is 0 Å². The number of oxime groups is 1. The van der Waals surface area contributed by atoms with Crippen molar-refractivity contribution in [1.82, 2.24) is 20.2 Å². The number of nitrogens with one attached hydrogen (secondary N) is 1. The molecule has 4 heterocycles. The van der Waals surface area contributed by atoms with E-state index >= 15 is 0 Å². The highest BCUT2D eigenvalue weighted by Gasteiger charge is 2.53. The Hall–Kier alpha value is -4.10. The Kier molecular flexibility index (Phi) is 9.74.